The first kappa shape index (κ1) is 13.3. The van der Waals surface area contributed by atoms with Crippen LogP contribution in [0.1, 0.15) is 25.2 Å². The van der Waals surface area contributed by atoms with E-state index in [1.807, 2.05) is 25.1 Å². The number of benzene rings is 1. The van der Waals surface area contributed by atoms with Crippen molar-refractivity contribution in [3.63, 3.8) is 0 Å². The molecule has 100 valence electrons. The van der Waals surface area contributed by atoms with Crippen molar-refractivity contribution in [2.75, 3.05) is 0 Å². The van der Waals surface area contributed by atoms with E-state index in [0.717, 1.165) is 5.56 Å². The van der Waals surface area contributed by atoms with E-state index in [0.29, 0.717) is 5.56 Å². The molecule has 0 aliphatic carbocycles. The van der Waals surface area contributed by atoms with E-state index in [-0.39, 0.29) is 17.3 Å². The van der Waals surface area contributed by atoms with Crippen LogP contribution in [0.15, 0.2) is 29.1 Å². The van der Waals surface area contributed by atoms with Crippen molar-refractivity contribution in [2.24, 2.45) is 5.73 Å². The van der Waals surface area contributed by atoms with Crippen LogP contribution in [0.3, 0.4) is 0 Å². The fourth-order valence-electron chi connectivity index (χ4n) is 1.83. The van der Waals surface area contributed by atoms with Gasteiger partial charge in [-0.15, -0.1) is 0 Å². The number of aryl methyl sites for hydroxylation is 1. The fourth-order valence-corrected chi connectivity index (χ4v) is 1.83. The smallest absolute Gasteiger partial charge is 0.262 e. The summed E-state index contributed by atoms with van der Waals surface area (Å²) in [6.45, 7) is 5.33. The van der Waals surface area contributed by atoms with Crippen LogP contribution in [-0.4, -0.2) is 15.1 Å². The van der Waals surface area contributed by atoms with Gasteiger partial charge in [0.2, 0.25) is 5.88 Å². The molecule has 0 atom stereocenters. The number of rotatable bonds is 2. The maximum Gasteiger partial charge on any atom is 0.262 e. The molecule has 1 aromatic heterocycles. The topological polar surface area (TPSA) is 92.0 Å². The highest BCUT2D eigenvalue weighted by molar-refractivity contribution is 5.67. The first-order valence-electron chi connectivity index (χ1n) is 5.98. The minimum atomic E-state index is -0.818. The molecule has 5 nitrogen and oxygen atoms in total. The van der Waals surface area contributed by atoms with E-state index in [9.17, 15) is 9.90 Å². The standard InChI is InChI=1S/C14H17N3O2/c1-8-5-4-6-9(7-8)10-11(18)16-13(14(2,3)15)17-12(10)19/h4-7H,15H2,1-3H3,(H2,16,17,18,19). The van der Waals surface area contributed by atoms with E-state index in [4.69, 9.17) is 5.73 Å². The predicted molar refractivity (Wildman–Crippen MR) is 73.9 cm³/mol. The van der Waals surface area contributed by atoms with Crippen molar-refractivity contribution in [3.05, 3.63) is 46.0 Å². The SMILES string of the molecule is Cc1cccc(-c2c(O)nc(C(C)(C)N)[nH]c2=O)c1. The van der Waals surface area contributed by atoms with E-state index >= 15 is 0 Å². The molecule has 1 aromatic carbocycles. The molecule has 0 spiro atoms. The second-order valence-electron chi connectivity index (χ2n) is 5.20. The molecule has 0 saturated carbocycles. The van der Waals surface area contributed by atoms with Crippen molar-refractivity contribution in [2.45, 2.75) is 26.3 Å². The number of H-pyrrole nitrogens is 1. The monoisotopic (exact) mass is 259 g/mol. The zero-order valence-electron chi connectivity index (χ0n) is 11.2. The number of nitrogens with two attached hydrogens (primary N) is 1. The number of aromatic amines is 1. The van der Waals surface area contributed by atoms with Crippen LogP contribution < -0.4 is 11.3 Å². The maximum atomic E-state index is 12.1. The van der Waals surface area contributed by atoms with Gasteiger partial charge in [-0.1, -0.05) is 29.8 Å². The highest BCUT2D eigenvalue weighted by Crippen LogP contribution is 2.25. The van der Waals surface area contributed by atoms with Crippen molar-refractivity contribution >= 4 is 0 Å². The van der Waals surface area contributed by atoms with Gasteiger partial charge in [0, 0.05) is 0 Å². The minimum absolute atomic E-state index is 0.164. The van der Waals surface area contributed by atoms with Crippen LogP contribution in [0.4, 0.5) is 0 Å². The molecular weight excluding hydrogens is 242 g/mol. The molecule has 0 unspecified atom stereocenters. The summed E-state index contributed by atoms with van der Waals surface area (Å²) in [4.78, 5) is 18.7. The maximum absolute atomic E-state index is 12.1. The second-order valence-corrected chi connectivity index (χ2v) is 5.20. The average Bonchev–Trinajstić information content (AvgIpc) is 2.26. The Bertz CT molecular complexity index is 669. The molecular formula is C14H17N3O2. The number of nitrogens with zero attached hydrogens (tertiary/aromatic N) is 1. The third-order valence-corrected chi connectivity index (χ3v) is 2.82. The summed E-state index contributed by atoms with van der Waals surface area (Å²) in [5, 5.41) is 9.99. The zero-order valence-corrected chi connectivity index (χ0v) is 11.2. The van der Waals surface area contributed by atoms with Gasteiger partial charge in [0.25, 0.3) is 5.56 Å². The van der Waals surface area contributed by atoms with E-state index in [1.165, 1.54) is 0 Å². The summed E-state index contributed by atoms with van der Waals surface area (Å²) >= 11 is 0. The van der Waals surface area contributed by atoms with E-state index in [2.05, 4.69) is 9.97 Å². The van der Waals surface area contributed by atoms with Crippen molar-refractivity contribution in [1.29, 1.82) is 0 Å². The van der Waals surface area contributed by atoms with Gasteiger partial charge in [-0.25, -0.2) is 0 Å². The van der Waals surface area contributed by atoms with Crippen LogP contribution in [0.5, 0.6) is 5.88 Å². The molecule has 0 fully saturated rings. The van der Waals surface area contributed by atoms with Gasteiger partial charge in [-0.05, 0) is 26.3 Å². The number of aromatic hydroxyl groups is 1. The van der Waals surface area contributed by atoms with Crippen molar-refractivity contribution in [3.8, 4) is 17.0 Å². The summed E-state index contributed by atoms with van der Waals surface area (Å²) in [6.07, 6.45) is 0. The zero-order chi connectivity index (χ0) is 14.2. The first-order chi connectivity index (χ1) is 8.79. The highest BCUT2D eigenvalue weighted by Gasteiger charge is 2.21. The molecule has 4 N–H and O–H groups in total. The fraction of sp³-hybridized carbons (Fsp3) is 0.286. The summed E-state index contributed by atoms with van der Waals surface area (Å²) in [5.74, 6) is -0.0470. The number of hydrogen-bond acceptors (Lipinski definition) is 4. The Morgan fingerprint density at radius 3 is 2.58 bits per heavy atom. The van der Waals surface area contributed by atoms with Gasteiger partial charge in [-0.2, -0.15) is 4.98 Å². The summed E-state index contributed by atoms with van der Waals surface area (Å²) in [6, 6.07) is 7.31. The van der Waals surface area contributed by atoms with Gasteiger partial charge in [0.1, 0.15) is 11.4 Å². The third-order valence-electron chi connectivity index (χ3n) is 2.82. The van der Waals surface area contributed by atoms with E-state index in [1.54, 1.807) is 19.9 Å². The average molecular weight is 259 g/mol. The number of aromatic nitrogens is 2. The molecule has 0 aliphatic heterocycles. The molecule has 19 heavy (non-hydrogen) atoms. The van der Waals surface area contributed by atoms with Crippen LogP contribution in [0.25, 0.3) is 11.1 Å². The van der Waals surface area contributed by atoms with Crippen LogP contribution >= 0.6 is 0 Å². The number of nitrogens with one attached hydrogen (secondary N) is 1. The van der Waals surface area contributed by atoms with Gasteiger partial charge < -0.3 is 15.8 Å². The van der Waals surface area contributed by atoms with Crippen LogP contribution in [0.2, 0.25) is 0 Å². The summed E-state index contributed by atoms with van der Waals surface area (Å²) in [5.41, 5.74) is 6.44. The van der Waals surface area contributed by atoms with Gasteiger partial charge in [0.05, 0.1) is 5.54 Å². The molecule has 0 radical (unpaired) electrons. The van der Waals surface area contributed by atoms with Crippen LogP contribution in [-0.2, 0) is 5.54 Å². The highest BCUT2D eigenvalue weighted by atomic mass is 16.3. The lowest BCUT2D eigenvalue weighted by atomic mass is 10.0. The Labute approximate surface area is 111 Å². The Morgan fingerprint density at radius 1 is 1.37 bits per heavy atom. The molecule has 0 saturated heterocycles. The normalized spacial score (nSPS) is 11.6. The Morgan fingerprint density at radius 2 is 2.05 bits per heavy atom. The van der Waals surface area contributed by atoms with Gasteiger partial charge >= 0.3 is 0 Å². The quantitative estimate of drug-likeness (QED) is 0.764. The Hall–Kier alpha value is -2.14. The molecule has 2 rings (SSSR count). The minimum Gasteiger partial charge on any atom is -0.493 e. The molecule has 0 bridgehead atoms. The van der Waals surface area contributed by atoms with Crippen molar-refractivity contribution < 1.29 is 5.11 Å². The second kappa shape index (κ2) is 4.51. The lowest BCUT2D eigenvalue weighted by Gasteiger charge is -2.17. The summed E-state index contributed by atoms with van der Waals surface area (Å²) in [7, 11) is 0. The molecule has 0 amide bonds. The predicted octanol–water partition coefficient (Wildman–Crippen LogP) is 1.64. The molecule has 0 aliphatic rings. The first-order valence-corrected chi connectivity index (χ1v) is 5.98. The largest absolute Gasteiger partial charge is 0.493 e. The van der Waals surface area contributed by atoms with E-state index < -0.39 is 11.1 Å². The van der Waals surface area contributed by atoms with Gasteiger partial charge in [-0.3, -0.25) is 4.79 Å². The van der Waals surface area contributed by atoms with Crippen LogP contribution in [0, 0.1) is 6.92 Å². The lowest BCUT2D eigenvalue weighted by Crippen LogP contribution is -2.33. The summed E-state index contributed by atoms with van der Waals surface area (Å²) < 4.78 is 0. The Kier molecular flexibility index (Phi) is 3.16. The Balaban J connectivity index is 2.64. The number of hydrogen-bond donors (Lipinski definition) is 3. The molecule has 5 heteroatoms. The molecule has 2 aromatic rings. The van der Waals surface area contributed by atoms with Gasteiger partial charge in [0.15, 0.2) is 0 Å². The molecule has 1 heterocycles. The lowest BCUT2D eigenvalue weighted by molar-refractivity contribution is 0.432. The third kappa shape index (κ3) is 2.66. The van der Waals surface area contributed by atoms with Crippen molar-refractivity contribution in [1.82, 2.24) is 9.97 Å².